The summed E-state index contributed by atoms with van der Waals surface area (Å²) in [5.74, 6) is -0.765. The van der Waals surface area contributed by atoms with Crippen LogP contribution < -0.4 is 5.32 Å². The Labute approximate surface area is 147 Å². The molecule has 0 aliphatic carbocycles. The predicted octanol–water partition coefficient (Wildman–Crippen LogP) is 4.01. The number of fused-ring (bicyclic) bond motifs is 1. The molecular formula is C20H23N3O2. The van der Waals surface area contributed by atoms with E-state index in [1.54, 1.807) is 0 Å². The molecule has 1 unspecified atom stereocenters. The first kappa shape index (κ1) is 17.0. The molecule has 0 aliphatic rings. The van der Waals surface area contributed by atoms with Gasteiger partial charge in [-0.3, -0.25) is 9.89 Å². The molecule has 5 heteroatoms. The fourth-order valence-electron chi connectivity index (χ4n) is 2.99. The number of carbonyl (C=O) groups is 1. The number of nitrogens with one attached hydrogen (secondary N) is 2. The number of hydrogen-bond acceptors (Lipinski definition) is 3. The maximum Gasteiger partial charge on any atom is 0.303 e. The van der Waals surface area contributed by atoms with E-state index in [4.69, 9.17) is 5.11 Å². The summed E-state index contributed by atoms with van der Waals surface area (Å²) in [5, 5.41) is 21.0. The number of anilines is 1. The molecule has 0 aliphatic heterocycles. The molecule has 5 nitrogen and oxygen atoms in total. The number of carboxylic acids is 1. The Morgan fingerprint density at radius 3 is 2.88 bits per heavy atom. The van der Waals surface area contributed by atoms with Crippen LogP contribution in [0.2, 0.25) is 0 Å². The third kappa shape index (κ3) is 4.59. The number of aromatic nitrogens is 2. The van der Waals surface area contributed by atoms with E-state index < -0.39 is 5.97 Å². The molecule has 0 saturated carbocycles. The van der Waals surface area contributed by atoms with E-state index >= 15 is 0 Å². The van der Waals surface area contributed by atoms with Crippen LogP contribution in [-0.2, 0) is 17.6 Å². The highest BCUT2D eigenvalue weighted by Gasteiger charge is 2.08. The van der Waals surface area contributed by atoms with Crippen LogP contribution in [0.5, 0.6) is 0 Å². The van der Waals surface area contributed by atoms with Crippen LogP contribution in [0.3, 0.4) is 0 Å². The Balaban J connectivity index is 1.56. The summed E-state index contributed by atoms with van der Waals surface area (Å²) in [4.78, 5) is 10.7. The van der Waals surface area contributed by atoms with Crippen molar-refractivity contribution >= 4 is 22.6 Å². The third-order valence-electron chi connectivity index (χ3n) is 4.34. The third-order valence-corrected chi connectivity index (χ3v) is 4.34. The van der Waals surface area contributed by atoms with Gasteiger partial charge in [0.25, 0.3) is 0 Å². The normalized spacial score (nSPS) is 12.2. The molecule has 0 amide bonds. The van der Waals surface area contributed by atoms with Crippen LogP contribution in [0.1, 0.15) is 31.0 Å². The average molecular weight is 337 g/mol. The number of nitrogens with zero attached hydrogens (tertiary/aromatic N) is 1. The zero-order valence-corrected chi connectivity index (χ0v) is 14.3. The van der Waals surface area contributed by atoms with Gasteiger partial charge in [-0.25, -0.2) is 0 Å². The lowest BCUT2D eigenvalue weighted by molar-refractivity contribution is -0.136. The molecule has 0 radical (unpaired) electrons. The molecule has 3 rings (SSSR count). The van der Waals surface area contributed by atoms with Gasteiger partial charge in [0.15, 0.2) is 0 Å². The monoisotopic (exact) mass is 337 g/mol. The van der Waals surface area contributed by atoms with Crippen LogP contribution in [0.25, 0.3) is 10.9 Å². The van der Waals surface area contributed by atoms with E-state index in [9.17, 15) is 4.79 Å². The largest absolute Gasteiger partial charge is 0.481 e. The minimum absolute atomic E-state index is 0.159. The fraction of sp³-hybridized carbons (Fsp3) is 0.300. The first-order valence-corrected chi connectivity index (χ1v) is 8.61. The van der Waals surface area contributed by atoms with E-state index in [2.05, 4.69) is 28.5 Å². The topological polar surface area (TPSA) is 78.0 Å². The van der Waals surface area contributed by atoms with E-state index in [1.165, 1.54) is 11.1 Å². The Morgan fingerprint density at radius 1 is 1.20 bits per heavy atom. The van der Waals surface area contributed by atoms with Crippen molar-refractivity contribution in [1.82, 2.24) is 10.2 Å². The van der Waals surface area contributed by atoms with Gasteiger partial charge in [0.05, 0.1) is 5.52 Å². The van der Waals surface area contributed by atoms with Gasteiger partial charge < -0.3 is 10.4 Å². The summed E-state index contributed by atoms with van der Waals surface area (Å²) in [6.07, 6.45) is 2.62. The number of aliphatic carboxylic acids is 1. The van der Waals surface area contributed by atoms with Gasteiger partial charge in [-0.2, -0.15) is 5.10 Å². The zero-order valence-electron chi connectivity index (χ0n) is 14.3. The first-order chi connectivity index (χ1) is 12.1. The molecule has 25 heavy (non-hydrogen) atoms. The van der Waals surface area contributed by atoms with Gasteiger partial charge in [0, 0.05) is 29.2 Å². The van der Waals surface area contributed by atoms with Crippen LogP contribution in [0, 0.1) is 0 Å². The highest BCUT2D eigenvalue weighted by molar-refractivity contribution is 5.81. The van der Waals surface area contributed by atoms with Crippen LogP contribution in [-0.4, -0.2) is 27.3 Å². The quantitative estimate of drug-likeness (QED) is 0.580. The molecule has 1 atom stereocenters. The Hall–Kier alpha value is -2.82. The SMILES string of the molecule is CC(CCc1[nH]nc2ccccc12)Nc1cccc(CCC(=O)O)c1. The number of rotatable bonds is 8. The zero-order chi connectivity index (χ0) is 17.6. The van der Waals surface area contributed by atoms with E-state index in [1.807, 2.05) is 42.5 Å². The standard InChI is InChI=1S/C20H23N3O2/c1-14(9-11-19-17-7-2-3-8-18(17)22-23-19)21-16-6-4-5-15(13-16)10-12-20(24)25/h2-8,13-14,21H,9-12H2,1H3,(H,22,23)(H,24,25). The number of aromatic amines is 1. The molecule has 1 heterocycles. The molecule has 0 spiro atoms. The summed E-state index contributed by atoms with van der Waals surface area (Å²) >= 11 is 0. The fourth-order valence-corrected chi connectivity index (χ4v) is 2.99. The molecule has 130 valence electrons. The lowest BCUT2D eigenvalue weighted by atomic mass is 10.1. The highest BCUT2D eigenvalue weighted by atomic mass is 16.4. The van der Waals surface area contributed by atoms with Crippen molar-refractivity contribution in [3.63, 3.8) is 0 Å². The minimum Gasteiger partial charge on any atom is -0.481 e. The number of carboxylic acid groups (broad SMARTS) is 1. The number of para-hydroxylation sites is 1. The summed E-state index contributed by atoms with van der Waals surface area (Å²) in [7, 11) is 0. The lowest BCUT2D eigenvalue weighted by Crippen LogP contribution is -2.16. The molecule has 0 bridgehead atoms. The van der Waals surface area contributed by atoms with Gasteiger partial charge in [0.2, 0.25) is 0 Å². The highest BCUT2D eigenvalue weighted by Crippen LogP contribution is 2.19. The lowest BCUT2D eigenvalue weighted by Gasteiger charge is -2.15. The van der Waals surface area contributed by atoms with Crippen LogP contribution in [0.4, 0.5) is 5.69 Å². The summed E-state index contributed by atoms with van der Waals surface area (Å²) in [5.41, 5.74) is 4.24. The summed E-state index contributed by atoms with van der Waals surface area (Å²) < 4.78 is 0. The smallest absolute Gasteiger partial charge is 0.303 e. The molecule has 0 fully saturated rings. The predicted molar refractivity (Wildman–Crippen MR) is 99.9 cm³/mol. The molecule has 1 aromatic heterocycles. The second-order valence-corrected chi connectivity index (χ2v) is 6.40. The molecule has 3 aromatic rings. The van der Waals surface area contributed by atoms with Crippen molar-refractivity contribution in [2.75, 3.05) is 5.32 Å². The van der Waals surface area contributed by atoms with Crippen molar-refractivity contribution in [2.45, 2.75) is 38.6 Å². The number of H-pyrrole nitrogens is 1. The molecule has 3 N–H and O–H groups in total. The van der Waals surface area contributed by atoms with Crippen molar-refractivity contribution in [1.29, 1.82) is 0 Å². The van der Waals surface area contributed by atoms with Gasteiger partial charge in [-0.05, 0) is 49.9 Å². The van der Waals surface area contributed by atoms with E-state index in [-0.39, 0.29) is 6.42 Å². The average Bonchev–Trinajstić information content (AvgIpc) is 3.02. The van der Waals surface area contributed by atoms with Crippen molar-refractivity contribution in [2.24, 2.45) is 0 Å². The number of aryl methyl sites for hydroxylation is 2. The summed E-state index contributed by atoms with van der Waals surface area (Å²) in [6.45, 7) is 2.16. The number of benzene rings is 2. The maximum absolute atomic E-state index is 10.7. The van der Waals surface area contributed by atoms with Crippen molar-refractivity contribution < 1.29 is 9.90 Å². The minimum atomic E-state index is -0.765. The Bertz CT molecular complexity index is 857. The van der Waals surface area contributed by atoms with Crippen molar-refractivity contribution in [3.05, 3.63) is 59.8 Å². The first-order valence-electron chi connectivity index (χ1n) is 8.61. The maximum atomic E-state index is 10.7. The van der Waals surface area contributed by atoms with Crippen molar-refractivity contribution in [3.8, 4) is 0 Å². The van der Waals surface area contributed by atoms with Gasteiger partial charge in [0.1, 0.15) is 0 Å². The van der Waals surface area contributed by atoms with Gasteiger partial charge in [-0.15, -0.1) is 0 Å². The van der Waals surface area contributed by atoms with Crippen LogP contribution >= 0.6 is 0 Å². The van der Waals surface area contributed by atoms with Gasteiger partial charge in [-0.1, -0.05) is 30.3 Å². The summed E-state index contributed by atoms with van der Waals surface area (Å²) in [6, 6.07) is 16.4. The molecular weight excluding hydrogens is 314 g/mol. The van der Waals surface area contributed by atoms with Crippen LogP contribution in [0.15, 0.2) is 48.5 Å². The second kappa shape index (κ2) is 7.83. The van der Waals surface area contributed by atoms with E-state index in [0.717, 1.165) is 29.6 Å². The molecule has 2 aromatic carbocycles. The van der Waals surface area contributed by atoms with Gasteiger partial charge >= 0.3 is 5.97 Å². The Kier molecular flexibility index (Phi) is 5.33. The molecule has 0 saturated heterocycles. The van der Waals surface area contributed by atoms with E-state index in [0.29, 0.717) is 12.5 Å². The number of hydrogen-bond donors (Lipinski definition) is 3. The Morgan fingerprint density at radius 2 is 2.04 bits per heavy atom. The second-order valence-electron chi connectivity index (χ2n) is 6.40.